The Morgan fingerprint density at radius 2 is 1.89 bits per heavy atom. The van der Waals surface area contributed by atoms with E-state index in [-0.39, 0.29) is 23.5 Å². The lowest BCUT2D eigenvalue weighted by Crippen LogP contribution is -2.47. The first kappa shape index (κ1) is 15.5. The van der Waals surface area contributed by atoms with Crippen molar-refractivity contribution in [1.82, 2.24) is 4.90 Å². The van der Waals surface area contributed by atoms with Crippen molar-refractivity contribution in [1.29, 1.82) is 0 Å². The van der Waals surface area contributed by atoms with Crippen LogP contribution in [0.2, 0.25) is 0 Å². The van der Waals surface area contributed by atoms with Crippen LogP contribution in [0.4, 0.5) is 0 Å². The quantitative estimate of drug-likeness (QED) is 0.842. The number of nitrogens with zero attached hydrogens (tertiary/aromatic N) is 1. The van der Waals surface area contributed by atoms with Crippen molar-refractivity contribution in [2.45, 2.75) is 71.9 Å². The van der Waals surface area contributed by atoms with Gasteiger partial charge in [0.25, 0.3) is 0 Å². The Balaban J connectivity index is 2.55. The highest BCUT2D eigenvalue weighted by atomic mass is 16.3. The number of likely N-dealkylation sites (N-methyl/N-ethyl adjacent to an activating group) is 1. The Labute approximate surface area is 112 Å². The molecule has 1 aliphatic carbocycles. The topological polar surface area (TPSA) is 40.5 Å². The molecule has 0 aromatic heterocycles. The van der Waals surface area contributed by atoms with E-state index in [4.69, 9.17) is 0 Å². The van der Waals surface area contributed by atoms with Gasteiger partial charge < -0.3 is 10.0 Å². The van der Waals surface area contributed by atoms with Gasteiger partial charge in [-0.3, -0.25) is 4.79 Å². The number of aliphatic hydroxyl groups is 1. The van der Waals surface area contributed by atoms with Crippen LogP contribution in [-0.4, -0.2) is 35.1 Å². The predicted octanol–water partition coefficient (Wildman–Crippen LogP) is 2.82. The van der Waals surface area contributed by atoms with Crippen LogP contribution in [0.5, 0.6) is 0 Å². The lowest BCUT2D eigenvalue weighted by molar-refractivity contribution is -0.137. The van der Waals surface area contributed by atoms with Gasteiger partial charge in [0.1, 0.15) is 0 Å². The third kappa shape index (κ3) is 3.98. The number of carbonyl (C=O) groups is 1. The molecule has 3 unspecified atom stereocenters. The molecule has 1 saturated carbocycles. The fourth-order valence-corrected chi connectivity index (χ4v) is 2.44. The molecule has 3 nitrogen and oxygen atoms in total. The number of rotatable bonds is 3. The Morgan fingerprint density at radius 3 is 2.39 bits per heavy atom. The molecule has 0 bridgehead atoms. The summed E-state index contributed by atoms with van der Waals surface area (Å²) in [4.78, 5) is 14.0. The molecule has 1 aliphatic rings. The number of amides is 1. The van der Waals surface area contributed by atoms with Crippen molar-refractivity contribution >= 4 is 5.91 Å². The number of hydrogen-bond donors (Lipinski definition) is 1. The van der Waals surface area contributed by atoms with E-state index >= 15 is 0 Å². The molecular formula is C15H29NO2. The molecule has 0 saturated heterocycles. The summed E-state index contributed by atoms with van der Waals surface area (Å²) < 4.78 is 0. The summed E-state index contributed by atoms with van der Waals surface area (Å²) in [6, 6.07) is 0.0263. The Kier molecular flexibility index (Phi) is 5.20. The summed E-state index contributed by atoms with van der Waals surface area (Å²) in [5.74, 6) is 0.525. The van der Waals surface area contributed by atoms with Crippen LogP contribution < -0.4 is 0 Å². The highest BCUT2D eigenvalue weighted by Gasteiger charge is 2.31. The van der Waals surface area contributed by atoms with E-state index in [0.29, 0.717) is 12.3 Å². The van der Waals surface area contributed by atoms with Crippen molar-refractivity contribution in [2.75, 3.05) is 7.05 Å². The Hall–Kier alpha value is -0.570. The van der Waals surface area contributed by atoms with Gasteiger partial charge in [-0.25, -0.2) is 0 Å². The molecule has 1 amide bonds. The van der Waals surface area contributed by atoms with Crippen molar-refractivity contribution in [3.05, 3.63) is 0 Å². The zero-order valence-corrected chi connectivity index (χ0v) is 12.6. The fourth-order valence-electron chi connectivity index (χ4n) is 2.44. The molecule has 0 aromatic rings. The van der Waals surface area contributed by atoms with Crippen LogP contribution in [-0.2, 0) is 4.79 Å². The average Bonchev–Trinajstić information content (AvgIpc) is 2.27. The van der Waals surface area contributed by atoms with Gasteiger partial charge in [0.15, 0.2) is 0 Å². The molecule has 3 atom stereocenters. The molecule has 0 aromatic carbocycles. The van der Waals surface area contributed by atoms with Gasteiger partial charge in [-0.15, -0.1) is 0 Å². The van der Waals surface area contributed by atoms with Crippen molar-refractivity contribution in [3.8, 4) is 0 Å². The zero-order valence-electron chi connectivity index (χ0n) is 12.6. The van der Waals surface area contributed by atoms with E-state index in [1.165, 1.54) is 0 Å². The largest absolute Gasteiger partial charge is 0.391 e. The van der Waals surface area contributed by atoms with E-state index in [9.17, 15) is 9.90 Å². The van der Waals surface area contributed by atoms with Gasteiger partial charge >= 0.3 is 0 Å². The number of carbonyl (C=O) groups excluding carboxylic acids is 1. The molecule has 1 fully saturated rings. The first-order valence-corrected chi connectivity index (χ1v) is 7.17. The summed E-state index contributed by atoms with van der Waals surface area (Å²) in [6.45, 7) is 8.63. The third-order valence-electron chi connectivity index (χ3n) is 4.54. The minimum Gasteiger partial charge on any atom is -0.391 e. The minimum atomic E-state index is -0.336. The van der Waals surface area contributed by atoms with E-state index in [1.807, 2.05) is 7.05 Å². The summed E-state index contributed by atoms with van der Waals surface area (Å²) in [6.07, 6.45) is 4.21. The summed E-state index contributed by atoms with van der Waals surface area (Å²) in [5.41, 5.74) is 0.154. The van der Waals surface area contributed by atoms with Gasteiger partial charge in [0.2, 0.25) is 5.91 Å². The fraction of sp³-hybridized carbons (Fsp3) is 0.933. The molecule has 18 heavy (non-hydrogen) atoms. The van der Waals surface area contributed by atoms with Crippen LogP contribution in [0.25, 0.3) is 0 Å². The maximum Gasteiger partial charge on any atom is 0.222 e. The SMILES string of the molecule is CC(CC(=O)N(C)C1CCCCC1O)C(C)(C)C. The monoisotopic (exact) mass is 255 g/mol. The molecule has 0 radical (unpaired) electrons. The van der Waals surface area contributed by atoms with Crippen molar-refractivity contribution < 1.29 is 9.90 Å². The molecule has 1 N–H and O–H groups in total. The van der Waals surface area contributed by atoms with Gasteiger partial charge in [-0.05, 0) is 24.2 Å². The van der Waals surface area contributed by atoms with E-state index < -0.39 is 0 Å². The maximum absolute atomic E-state index is 12.3. The normalized spacial score (nSPS) is 26.8. The third-order valence-corrected chi connectivity index (χ3v) is 4.54. The first-order chi connectivity index (χ1) is 8.23. The highest BCUT2D eigenvalue weighted by Crippen LogP contribution is 2.29. The smallest absolute Gasteiger partial charge is 0.222 e. The second-order valence-corrected chi connectivity index (χ2v) is 6.89. The Bertz CT molecular complexity index is 283. The first-order valence-electron chi connectivity index (χ1n) is 7.17. The maximum atomic E-state index is 12.3. The standard InChI is InChI=1S/C15H29NO2/c1-11(15(2,3)4)10-14(18)16(5)12-8-6-7-9-13(12)17/h11-13,17H,6-10H2,1-5H3. The average molecular weight is 255 g/mol. The minimum absolute atomic E-state index is 0.0263. The van der Waals surface area contributed by atoms with Gasteiger partial charge in [0, 0.05) is 13.5 Å². The molecule has 3 heteroatoms. The van der Waals surface area contributed by atoms with Crippen LogP contribution >= 0.6 is 0 Å². The van der Waals surface area contributed by atoms with Crippen LogP contribution in [0.3, 0.4) is 0 Å². The molecule has 106 valence electrons. The molecule has 0 heterocycles. The lowest BCUT2D eigenvalue weighted by atomic mass is 9.79. The van der Waals surface area contributed by atoms with Crippen LogP contribution in [0, 0.1) is 11.3 Å². The van der Waals surface area contributed by atoms with E-state index in [1.54, 1.807) is 4.90 Å². The predicted molar refractivity (Wildman–Crippen MR) is 74.3 cm³/mol. The van der Waals surface area contributed by atoms with Crippen molar-refractivity contribution in [3.63, 3.8) is 0 Å². The number of aliphatic hydroxyl groups excluding tert-OH is 1. The molecular weight excluding hydrogens is 226 g/mol. The van der Waals surface area contributed by atoms with Crippen LogP contribution in [0.15, 0.2) is 0 Å². The summed E-state index contributed by atoms with van der Waals surface area (Å²) in [7, 11) is 1.84. The van der Waals surface area contributed by atoms with E-state index in [0.717, 1.165) is 25.7 Å². The Morgan fingerprint density at radius 1 is 1.33 bits per heavy atom. The van der Waals surface area contributed by atoms with Gasteiger partial charge in [-0.2, -0.15) is 0 Å². The van der Waals surface area contributed by atoms with Gasteiger partial charge in [-0.1, -0.05) is 40.5 Å². The highest BCUT2D eigenvalue weighted by molar-refractivity contribution is 5.76. The zero-order chi connectivity index (χ0) is 13.9. The van der Waals surface area contributed by atoms with E-state index in [2.05, 4.69) is 27.7 Å². The second kappa shape index (κ2) is 6.05. The van der Waals surface area contributed by atoms with Crippen molar-refractivity contribution in [2.24, 2.45) is 11.3 Å². The lowest BCUT2D eigenvalue weighted by Gasteiger charge is -2.36. The second-order valence-electron chi connectivity index (χ2n) is 6.89. The molecule has 0 spiro atoms. The summed E-state index contributed by atoms with van der Waals surface area (Å²) in [5, 5.41) is 9.99. The summed E-state index contributed by atoms with van der Waals surface area (Å²) >= 11 is 0. The molecule has 1 rings (SSSR count). The van der Waals surface area contributed by atoms with Gasteiger partial charge in [0.05, 0.1) is 12.1 Å². The van der Waals surface area contributed by atoms with Crippen LogP contribution in [0.1, 0.15) is 59.8 Å². The number of hydrogen-bond acceptors (Lipinski definition) is 2. The molecule has 0 aliphatic heterocycles.